The minimum atomic E-state index is -0.798. The third kappa shape index (κ3) is 4.57. The Labute approximate surface area is 163 Å². The Morgan fingerprint density at radius 2 is 2.25 bits per heavy atom. The van der Waals surface area contributed by atoms with Crippen molar-refractivity contribution in [1.29, 1.82) is 5.26 Å². The molecule has 2 heterocycles. The van der Waals surface area contributed by atoms with Crippen LogP contribution in [0.5, 0.6) is 5.88 Å². The van der Waals surface area contributed by atoms with Gasteiger partial charge in [-0.2, -0.15) is 19.7 Å². The minimum absolute atomic E-state index is 0.125. The molecule has 1 fully saturated rings. The first kappa shape index (κ1) is 20.0. The first-order chi connectivity index (χ1) is 13.3. The van der Waals surface area contributed by atoms with Crippen LogP contribution in [0.25, 0.3) is 0 Å². The van der Waals surface area contributed by atoms with Crippen molar-refractivity contribution >= 4 is 11.6 Å². The van der Waals surface area contributed by atoms with Gasteiger partial charge >= 0.3 is 0 Å². The van der Waals surface area contributed by atoms with Crippen molar-refractivity contribution in [2.75, 3.05) is 11.9 Å². The Bertz CT molecular complexity index is 876. The van der Waals surface area contributed by atoms with E-state index in [1.807, 2.05) is 0 Å². The zero-order chi connectivity index (χ0) is 20.3. The summed E-state index contributed by atoms with van der Waals surface area (Å²) in [5, 5.41) is 26.3. The van der Waals surface area contributed by atoms with Crippen LogP contribution in [0.2, 0.25) is 0 Å². The molecule has 2 aromatic rings. The molecule has 1 aliphatic rings. The summed E-state index contributed by atoms with van der Waals surface area (Å²) in [4.78, 5) is 8.07. The third-order valence-corrected chi connectivity index (χ3v) is 4.91. The van der Waals surface area contributed by atoms with Crippen molar-refractivity contribution < 1.29 is 14.2 Å². The molecule has 28 heavy (non-hydrogen) atoms. The molecule has 0 radical (unpaired) electrons. The number of rotatable bonds is 6. The molecule has 2 N–H and O–H groups in total. The molecule has 0 saturated heterocycles. The Morgan fingerprint density at radius 3 is 2.96 bits per heavy atom. The van der Waals surface area contributed by atoms with Gasteiger partial charge in [-0.1, -0.05) is 6.42 Å². The second-order valence-electron chi connectivity index (χ2n) is 7.71. The number of ether oxygens (including phenoxy) is 1. The molecule has 0 spiro atoms. The molecule has 2 atom stereocenters. The molecular formula is C19H25FN6O2. The summed E-state index contributed by atoms with van der Waals surface area (Å²) in [7, 11) is 0. The van der Waals surface area contributed by atoms with Crippen LogP contribution in [0, 0.1) is 30.0 Å². The summed E-state index contributed by atoms with van der Waals surface area (Å²) in [6.07, 6.45) is 5.78. The second kappa shape index (κ2) is 8.10. The van der Waals surface area contributed by atoms with Gasteiger partial charge in [-0.05, 0) is 46.0 Å². The van der Waals surface area contributed by atoms with Crippen LogP contribution in [0.4, 0.5) is 16.0 Å². The van der Waals surface area contributed by atoms with Gasteiger partial charge < -0.3 is 15.2 Å². The van der Waals surface area contributed by atoms with Crippen molar-refractivity contribution in [2.24, 2.45) is 5.92 Å². The first-order valence-electron chi connectivity index (χ1n) is 9.37. The fourth-order valence-electron chi connectivity index (χ4n) is 3.16. The molecule has 8 nitrogen and oxygen atoms in total. The van der Waals surface area contributed by atoms with Gasteiger partial charge in [-0.3, -0.25) is 4.68 Å². The highest BCUT2D eigenvalue weighted by Crippen LogP contribution is 2.26. The first-order valence-corrected chi connectivity index (χ1v) is 9.37. The zero-order valence-electron chi connectivity index (χ0n) is 16.3. The number of hydrogen-bond donors (Lipinski definition) is 2. The van der Waals surface area contributed by atoms with Crippen LogP contribution in [-0.2, 0) is 5.54 Å². The lowest BCUT2D eigenvalue weighted by Crippen LogP contribution is -2.24. The molecule has 1 aliphatic carbocycles. The van der Waals surface area contributed by atoms with Crippen LogP contribution < -0.4 is 10.1 Å². The van der Waals surface area contributed by atoms with Crippen LogP contribution in [0.1, 0.15) is 45.2 Å². The number of aromatic nitrogens is 4. The van der Waals surface area contributed by atoms with E-state index in [0.29, 0.717) is 24.4 Å². The maximum atomic E-state index is 14.0. The van der Waals surface area contributed by atoms with Crippen molar-refractivity contribution in [3.05, 3.63) is 23.9 Å². The Morgan fingerprint density at radius 1 is 1.46 bits per heavy atom. The number of nitriles is 1. The van der Waals surface area contributed by atoms with Gasteiger partial charge in [0.15, 0.2) is 0 Å². The summed E-state index contributed by atoms with van der Waals surface area (Å²) >= 11 is 0. The fraction of sp³-hybridized carbons (Fsp3) is 0.579. The van der Waals surface area contributed by atoms with E-state index in [0.717, 1.165) is 25.5 Å². The molecule has 3 rings (SSSR count). The monoisotopic (exact) mass is 388 g/mol. The summed E-state index contributed by atoms with van der Waals surface area (Å²) in [6.45, 7) is 5.61. The Hall–Kier alpha value is -2.73. The number of anilines is 2. The van der Waals surface area contributed by atoms with Gasteiger partial charge in [-0.15, -0.1) is 0 Å². The van der Waals surface area contributed by atoms with Crippen LogP contribution in [0.15, 0.2) is 12.4 Å². The molecule has 2 aromatic heterocycles. The Balaban J connectivity index is 1.70. The molecule has 0 aromatic carbocycles. The number of hydrogen-bond acceptors (Lipinski definition) is 7. The summed E-state index contributed by atoms with van der Waals surface area (Å²) in [6, 6.07) is 2.18. The highest BCUT2D eigenvalue weighted by atomic mass is 19.1. The number of aryl methyl sites for hydroxylation is 1. The highest BCUT2D eigenvalue weighted by molar-refractivity contribution is 5.55. The Kier molecular flexibility index (Phi) is 5.79. The van der Waals surface area contributed by atoms with Crippen molar-refractivity contribution in [2.45, 2.75) is 58.1 Å². The quantitative estimate of drug-likeness (QED) is 0.783. The predicted molar refractivity (Wildman–Crippen MR) is 101 cm³/mol. The van der Waals surface area contributed by atoms with Crippen molar-refractivity contribution in [3.8, 4) is 11.9 Å². The topological polar surface area (TPSA) is 109 Å². The van der Waals surface area contributed by atoms with Crippen LogP contribution >= 0.6 is 0 Å². The molecule has 0 aliphatic heterocycles. The lowest BCUT2D eigenvalue weighted by molar-refractivity contribution is 0.0790. The molecule has 150 valence electrons. The zero-order valence-corrected chi connectivity index (χ0v) is 16.3. The number of aliphatic hydroxyl groups is 1. The second-order valence-corrected chi connectivity index (χ2v) is 7.71. The largest absolute Gasteiger partial charge is 0.475 e. The number of aliphatic hydroxyl groups excluding tert-OH is 1. The average Bonchev–Trinajstić information content (AvgIpc) is 3.03. The van der Waals surface area contributed by atoms with Gasteiger partial charge in [0.2, 0.25) is 11.8 Å². The molecule has 0 unspecified atom stereocenters. The van der Waals surface area contributed by atoms with E-state index in [9.17, 15) is 14.8 Å². The number of nitrogens with zero attached hydrogens (tertiary/aromatic N) is 5. The van der Waals surface area contributed by atoms with Gasteiger partial charge in [0.25, 0.3) is 5.88 Å². The van der Waals surface area contributed by atoms with E-state index in [-0.39, 0.29) is 23.9 Å². The maximum Gasteiger partial charge on any atom is 0.255 e. The van der Waals surface area contributed by atoms with E-state index < -0.39 is 11.4 Å². The summed E-state index contributed by atoms with van der Waals surface area (Å²) in [5.41, 5.74) is 0.485. The third-order valence-electron chi connectivity index (χ3n) is 4.91. The van der Waals surface area contributed by atoms with E-state index in [1.54, 1.807) is 31.6 Å². The van der Waals surface area contributed by atoms with Crippen LogP contribution in [0.3, 0.4) is 0 Å². The van der Waals surface area contributed by atoms with Gasteiger partial charge in [0.1, 0.15) is 5.54 Å². The number of nitrogens with one attached hydrogen (secondary N) is 1. The van der Waals surface area contributed by atoms with Crippen molar-refractivity contribution in [1.82, 2.24) is 19.7 Å². The molecule has 1 saturated carbocycles. The predicted octanol–water partition coefficient (Wildman–Crippen LogP) is 3.05. The lowest BCUT2D eigenvalue weighted by Gasteiger charge is -2.25. The summed E-state index contributed by atoms with van der Waals surface area (Å²) in [5.74, 6) is -0.402. The maximum absolute atomic E-state index is 14.0. The lowest BCUT2D eigenvalue weighted by atomic mass is 9.88. The molecule has 9 heteroatoms. The molecule has 0 amide bonds. The standard InChI is InChI=1S/C19H25FN6O2/c1-12-16(9-26(25-12)19(2,3)11-21)23-18-22-8-15(20)17(24-18)28-10-13-5-4-6-14(27)7-13/h8-9,13-14,27H,4-7,10H2,1-3H3,(H,22,23,24)/t13-,14-/m1/s1. The summed E-state index contributed by atoms with van der Waals surface area (Å²) < 4.78 is 21.2. The fourth-order valence-corrected chi connectivity index (χ4v) is 3.16. The van der Waals surface area contributed by atoms with Gasteiger partial charge in [0, 0.05) is 0 Å². The normalized spacial score (nSPS) is 19.9. The minimum Gasteiger partial charge on any atom is -0.475 e. The smallest absolute Gasteiger partial charge is 0.255 e. The van der Waals surface area contributed by atoms with Crippen molar-refractivity contribution in [3.63, 3.8) is 0 Å². The highest BCUT2D eigenvalue weighted by Gasteiger charge is 2.23. The molecule has 0 bridgehead atoms. The van der Waals surface area contributed by atoms with Crippen LogP contribution in [-0.4, -0.2) is 37.6 Å². The van der Waals surface area contributed by atoms with E-state index >= 15 is 0 Å². The van der Waals surface area contributed by atoms with E-state index in [4.69, 9.17) is 4.74 Å². The SMILES string of the molecule is Cc1nn(C(C)(C)C#N)cc1Nc1ncc(F)c(OC[C@@H]2CCC[C@@H](O)C2)n1. The number of halogens is 1. The average molecular weight is 388 g/mol. The van der Waals surface area contributed by atoms with E-state index in [2.05, 4.69) is 26.5 Å². The van der Waals surface area contributed by atoms with Gasteiger partial charge in [0.05, 0.1) is 42.6 Å². The molecular weight excluding hydrogens is 363 g/mol. The van der Waals surface area contributed by atoms with E-state index in [1.165, 1.54) is 0 Å². The van der Waals surface area contributed by atoms with Gasteiger partial charge in [-0.25, -0.2) is 4.98 Å².